The Kier molecular flexibility index (Phi) is 10.8. The lowest BCUT2D eigenvalue weighted by atomic mass is 10.3. The molecule has 0 aromatic rings. The topological polar surface area (TPSA) is 6.48 Å². The number of nitrogens with zero attached hydrogens (tertiary/aromatic N) is 2. The first kappa shape index (κ1) is 15.3. The third-order valence-corrected chi connectivity index (χ3v) is 2.24. The summed E-state index contributed by atoms with van der Waals surface area (Å²) in [6.45, 7) is 0. The summed E-state index contributed by atoms with van der Waals surface area (Å²) in [6, 6.07) is 0. The van der Waals surface area contributed by atoms with E-state index in [4.69, 9.17) is 0 Å². The Hall–Kier alpha value is 0.870. The molecule has 2 nitrogen and oxygen atoms in total. The van der Waals surface area contributed by atoms with E-state index in [0.717, 1.165) is 5.75 Å². The Morgan fingerprint density at radius 2 is 1.58 bits per heavy atom. The first-order valence-electron chi connectivity index (χ1n) is 3.79. The van der Waals surface area contributed by atoms with Gasteiger partial charge in [-0.3, -0.25) is 9.80 Å². The van der Waals surface area contributed by atoms with E-state index in [1.807, 2.05) is 0 Å². The van der Waals surface area contributed by atoms with Crippen molar-refractivity contribution in [3.8, 4) is 0 Å². The smallest absolute Gasteiger partial charge is 0.128 e. The van der Waals surface area contributed by atoms with E-state index in [1.165, 1.54) is 6.42 Å². The zero-order valence-corrected chi connectivity index (χ0v) is 11.4. The Balaban J connectivity index is 0. The molecule has 0 fully saturated rings. The molecule has 12 heavy (non-hydrogen) atoms. The van der Waals surface area contributed by atoms with Gasteiger partial charge in [-0.1, -0.05) is 0 Å². The molecule has 0 bridgehead atoms. The van der Waals surface area contributed by atoms with Gasteiger partial charge in [0.05, 0.1) is 17.9 Å². The van der Waals surface area contributed by atoms with Gasteiger partial charge in [0.25, 0.3) is 0 Å². The zero-order valence-electron chi connectivity index (χ0n) is 8.38. The normalized spacial score (nSPS) is 10.9. The molecule has 0 saturated heterocycles. The van der Waals surface area contributed by atoms with Crippen molar-refractivity contribution in [3.05, 3.63) is 6.26 Å². The second-order valence-electron chi connectivity index (χ2n) is 3.10. The standard InChI is InChI=1S/C8H19N2S.HI/c1-9(2)8(10(3)4)6-7-11-5;/h8H,5-7H2,1-4H3;1H/q+1;/p-1. The van der Waals surface area contributed by atoms with E-state index < -0.39 is 0 Å². The van der Waals surface area contributed by atoms with Gasteiger partial charge in [0.15, 0.2) is 0 Å². The Morgan fingerprint density at radius 1 is 1.17 bits per heavy atom. The summed E-state index contributed by atoms with van der Waals surface area (Å²) in [5, 5.41) is 0. The molecule has 0 amide bonds. The molecule has 0 N–H and O–H groups in total. The summed E-state index contributed by atoms with van der Waals surface area (Å²) in [4.78, 5) is 4.46. The highest BCUT2D eigenvalue weighted by Crippen LogP contribution is 2.07. The predicted octanol–water partition coefficient (Wildman–Crippen LogP) is -1.65. The zero-order chi connectivity index (χ0) is 8.85. The van der Waals surface area contributed by atoms with Gasteiger partial charge in [-0.15, -0.1) is 0 Å². The molecule has 0 aliphatic rings. The molecular weight excluding hydrogens is 283 g/mol. The van der Waals surface area contributed by atoms with E-state index in [0.29, 0.717) is 6.17 Å². The van der Waals surface area contributed by atoms with Crippen molar-refractivity contribution in [2.24, 2.45) is 0 Å². The SMILES string of the molecule is [CH2+]SCCC(N(C)C)N(C)C.[I-]. The first-order chi connectivity index (χ1) is 5.09. The van der Waals surface area contributed by atoms with Crippen LogP contribution in [0.1, 0.15) is 6.42 Å². The fraction of sp³-hybridized carbons (Fsp3) is 0.875. The monoisotopic (exact) mass is 302 g/mol. The van der Waals surface area contributed by atoms with Crippen LogP contribution in [0.3, 0.4) is 0 Å². The van der Waals surface area contributed by atoms with Gasteiger partial charge in [-0.2, -0.15) is 0 Å². The third kappa shape index (κ3) is 6.39. The highest BCUT2D eigenvalue weighted by molar-refractivity contribution is 8.00. The van der Waals surface area contributed by atoms with Gasteiger partial charge in [0, 0.05) is 5.75 Å². The maximum absolute atomic E-state index is 3.76. The fourth-order valence-electron chi connectivity index (χ4n) is 1.17. The lowest BCUT2D eigenvalue weighted by Gasteiger charge is -2.29. The van der Waals surface area contributed by atoms with Crippen molar-refractivity contribution in [1.29, 1.82) is 0 Å². The average Bonchev–Trinajstić information content (AvgIpc) is 1.87. The second-order valence-corrected chi connectivity index (χ2v) is 3.92. The average molecular weight is 302 g/mol. The molecule has 0 rings (SSSR count). The van der Waals surface area contributed by atoms with Crippen molar-refractivity contribution < 1.29 is 24.0 Å². The van der Waals surface area contributed by atoms with Crippen LogP contribution in [-0.2, 0) is 0 Å². The molecule has 0 unspecified atom stereocenters. The van der Waals surface area contributed by atoms with Crippen LogP contribution in [0.2, 0.25) is 0 Å². The number of hydrogen-bond acceptors (Lipinski definition) is 3. The van der Waals surface area contributed by atoms with E-state index in [9.17, 15) is 0 Å². The van der Waals surface area contributed by atoms with Crippen LogP contribution in [-0.4, -0.2) is 49.9 Å². The van der Waals surface area contributed by atoms with Crippen molar-refractivity contribution in [2.75, 3.05) is 33.9 Å². The molecule has 0 saturated carbocycles. The van der Waals surface area contributed by atoms with Crippen LogP contribution < -0.4 is 24.0 Å². The summed E-state index contributed by atoms with van der Waals surface area (Å²) in [5.74, 6) is 1.13. The number of halogens is 1. The van der Waals surface area contributed by atoms with Crippen molar-refractivity contribution in [2.45, 2.75) is 12.6 Å². The number of rotatable bonds is 5. The van der Waals surface area contributed by atoms with Crippen LogP contribution in [0.25, 0.3) is 0 Å². The molecule has 0 heterocycles. The predicted molar refractivity (Wildman–Crippen MR) is 53.6 cm³/mol. The number of hydrogen-bond donors (Lipinski definition) is 0. The quantitative estimate of drug-likeness (QED) is 0.342. The molecule has 4 heteroatoms. The summed E-state index contributed by atoms with van der Waals surface area (Å²) in [7, 11) is 8.44. The van der Waals surface area contributed by atoms with E-state index in [2.05, 4.69) is 44.2 Å². The van der Waals surface area contributed by atoms with Crippen LogP contribution in [0, 0.1) is 6.26 Å². The van der Waals surface area contributed by atoms with E-state index >= 15 is 0 Å². The minimum Gasteiger partial charge on any atom is -1.00 e. The fourth-order valence-corrected chi connectivity index (χ4v) is 1.54. The highest BCUT2D eigenvalue weighted by Gasteiger charge is 2.12. The minimum atomic E-state index is 0. The molecule has 0 radical (unpaired) electrons. The minimum absolute atomic E-state index is 0. The maximum atomic E-state index is 3.76. The van der Waals surface area contributed by atoms with Crippen LogP contribution in [0.4, 0.5) is 0 Å². The van der Waals surface area contributed by atoms with Crippen molar-refractivity contribution >= 4 is 11.8 Å². The molecule has 0 aromatic carbocycles. The van der Waals surface area contributed by atoms with Gasteiger partial charge in [-0.05, 0) is 34.6 Å². The van der Waals surface area contributed by atoms with E-state index in [-0.39, 0.29) is 24.0 Å². The summed E-state index contributed by atoms with van der Waals surface area (Å²) >= 11 is 1.66. The molecule has 74 valence electrons. The van der Waals surface area contributed by atoms with Gasteiger partial charge in [0.2, 0.25) is 0 Å². The van der Waals surface area contributed by atoms with Gasteiger partial charge < -0.3 is 24.0 Å². The summed E-state index contributed by atoms with van der Waals surface area (Å²) in [6.07, 6.45) is 5.48. The lowest BCUT2D eigenvalue weighted by Crippen LogP contribution is -3.00. The molecule has 0 aliphatic carbocycles. The van der Waals surface area contributed by atoms with Crippen molar-refractivity contribution in [3.63, 3.8) is 0 Å². The largest absolute Gasteiger partial charge is 1.00 e. The Labute approximate surface area is 98.1 Å². The number of thioether (sulfide) groups is 1. The summed E-state index contributed by atoms with van der Waals surface area (Å²) in [5.41, 5.74) is 0. The lowest BCUT2D eigenvalue weighted by molar-refractivity contribution is -0.00000256. The first-order valence-corrected chi connectivity index (χ1v) is 4.95. The van der Waals surface area contributed by atoms with Gasteiger partial charge in [-0.25, -0.2) is 0 Å². The van der Waals surface area contributed by atoms with Crippen molar-refractivity contribution in [1.82, 2.24) is 9.80 Å². The summed E-state index contributed by atoms with van der Waals surface area (Å²) < 4.78 is 0. The van der Waals surface area contributed by atoms with Gasteiger partial charge >= 0.3 is 0 Å². The second kappa shape index (κ2) is 8.47. The molecule has 0 spiro atoms. The molecule has 0 atom stereocenters. The maximum Gasteiger partial charge on any atom is 0.128 e. The Morgan fingerprint density at radius 3 is 1.83 bits per heavy atom. The molecule has 0 aliphatic heterocycles. The van der Waals surface area contributed by atoms with Crippen LogP contribution >= 0.6 is 11.8 Å². The highest BCUT2D eigenvalue weighted by atomic mass is 127. The molecular formula is C8H19IN2S. The third-order valence-electron chi connectivity index (χ3n) is 1.71. The van der Waals surface area contributed by atoms with Gasteiger partial charge in [0.1, 0.15) is 6.26 Å². The van der Waals surface area contributed by atoms with Crippen LogP contribution in [0.15, 0.2) is 0 Å². The Bertz CT molecular complexity index is 91.1. The van der Waals surface area contributed by atoms with E-state index in [1.54, 1.807) is 11.8 Å². The molecule has 0 aromatic heterocycles. The van der Waals surface area contributed by atoms with Crippen LogP contribution in [0.5, 0.6) is 0 Å².